The summed E-state index contributed by atoms with van der Waals surface area (Å²) in [7, 11) is 5.85. The van der Waals surface area contributed by atoms with E-state index in [9.17, 15) is 9.59 Å². The van der Waals surface area contributed by atoms with Gasteiger partial charge in [-0.2, -0.15) is 0 Å². The van der Waals surface area contributed by atoms with Gasteiger partial charge in [0.2, 0.25) is 0 Å². The molecular weight excluding hydrogens is 571 g/mol. The minimum atomic E-state index is -0.364. The summed E-state index contributed by atoms with van der Waals surface area (Å²) < 4.78 is 19.1. The predicted molar refractivity (Wildman–Crippen MR) is 145 cm³/mol. The number of benzene rings is 2. The fourth-order valence-electron chi connectivity index (χ4n) is 2.63. The van der Waals surface area contributed by atoms with Crippen LogP contribution < -0.4 is 0 Å². The van der Waals surface area contributed by atoms with Crippen LogP contribution in [0.2, 0.25) is 0 Å². The summed E-state index contributed by atoms with van der Waals surface area (Å²) in [5.74, 6) is -0.728. The van der Waals surface area contributed by atoms with Gasteiger partial charge in [-0.15, -0.1) is 10.5 Å². The van der Waals surface area contributed by atoms with E-state index in [-0.39, 0.29) is 38.9 Å². The topological polar surface area (TPSA) is 71.1 Å². The predicted octanol–water partition coefficient (Wildman–Crippen LogP) is 4.15. The molecule has 0 saturated heterocycles. The Balaban J connectivity index is 0.000000642. The van der Waals surface area contributed by atoms with Crippen LogP contribution in [0.1, 0.15) is 42.3 Å². The van der Waals surface area contributed by atoms with Crippen LogP contribution in [-0.2, 0) is 60.7 Å². The molecule has 0 amide bonds. The number of esters is 2. The molecule has 11 heteroatoms. The fourth-order valence-corrected chi connectivity index (χ4v) is 3.59. The van der Waals surface area contributed by atoms with Crippen molar-refractivity contribution in [3.8, 4) is 0 Å². The maximum absolute atomic E-state index is 11.2. The molecule has 2 atom stereocenters. The Morgan fingerprint density at radius 1 is 0.686 bits per heavy atom. The van der Waals surface area contributed by atoms with Gasteiger partial charge >= 0.3 is 28.4 Å². The van der Waals surface area contributed by atoms with Crippen molar-refractivity contribution in [3.63, 3.8) is 0 Å². The summed E-state index contributed by atoms with van der Waals surface area (Å²) >= 11 is 20.9. The fraction of sp³-hybridized carbons (Fsp3) is 0.333. The number of thiocarbonyl (C=S) groups is 2. The first-order valence-electron chi connectivity index (χ1n) is 9.91. The molecule has 0 aromatic heterocycles. The van der Waals surface area contributed by atoms with E-state index in [1.165, 1.54) is 14.2 Å². The average Bonchev–Trinajstić information content (AvgIpc) is 2.87. The third-order valence-corrected chi connectivity index (χ3v) is 6.55. The summed E-state index contributed by atoms with van der Waals surface area (Å²) in [6.45, 7) is 0.727. The van der Waals surface area contributed by atoms with E-state index in [0.717, 1.165) is 11.1 Å². The molecule has 2 rings (SSSR count). The second-order valence-corrected chi connectivity index (χ2v) is 8.78. The van der Waals surface area contributed by atoms with Crippen molar-refractivity contribution in [2.45, 2.75) is 10.5 Å². The van der Waals surface area contributed by atoms with Crippen LogP contribution in [0.25, 0.3) is 0 Å². The molecule has 192 valence electrons. The molecule has 35 heavy (non-hydrogen) atoms. The van der Waals surface area contributed by atoms with E-state index in [1.807, 2.05) is 0 Å². The third-order valence-electron chi connectivity index (χ3n) is 4.43. The number of methoxy groups -OCH3 is 4. The number of hydrogen-bond donors (Lipinski definition) is 0. The molecule has 0 aliphatic rings. The smallest absolute Gasteiger partial charge is 0.779 e. The SMILES string of the molecule is COCC(=S)C([S-])c1ccc(C(=O)OC)cc1.COCC(=S)C([S-])c1ccc(C(=O)OC)cc1.[Ni+2]. The summed E-state index contributed by atoms with van der Waals surface area (Å²) in [4.78, 5) is 23.8. The molecule has 0 heterocycles. The van der Waals surface area contributed by atoms with Gasteiger partial charge < -0.3 is 44.2 Å². The largest absolute Gasteiger partial charge is 2.00 e. The van der Waals surface area contributed by atoms with Gasteiger partial charge in [-0.3, -0.25) is 0 Å². The Hall–Kier alpha value is -1.33. The van der Waals surface area contributed by atoms with E-state index in [0.29, 0.717) is 34.1 Å². The third kappa shape index (κ3) is 11.1. The minimum absolute atomic E-state index is 0. The van der Waals surface area contributed by atoms with Gasteiger partial charge in [-0.05, 0) is 24.3 Å². The van der Waals surface area contributed by atoms with Crippen LogP contribution in [0, 0.1) is 0 Å². The van der Waals surface area contributed by atoms with Gasteiger partial charge in [-0.25, -0.2) is 9.59 Å². The first kappa shape index (κ1) is 33.7. The molecule has 0 radical (unpaired) electrons. The van der Waals surface area contributed by atoms with Crippen LogP contribution in [0.3, 0.4) is 0 Å². The van der Waals surface area contributed by atoms with Gasteiger partial charge in [0.1, 0.15) is 0 Å². The molecule has 0 aliphatic heterocycles. The second kappa shape index (κ2) is 18.0. The molecule has 0 saturated carbocycles. The molecule has 6 nitrogen and oxygen atoms in total. The van der Waals surface area contributed by atoms with Crippen molar-refractivity contribution < 1.29 is 45.0 Å². The van der Waals surface area contributed by atoms with Crippen molar-refractivity contribution in [2.75, 3.05) is 41.7 Å². The zero-order valence-electron chi connectivity index (χ0n) is 19.6. The minimum Gasteiger partial charge on any atom is -0.779 e. The van der Waals surface area contributed by atoms with Gasteiger partial charge in [-0.1, -0.05) is 59.8 Å². The zero-order valence-corrected chi connectivity index (χ0v) is 23.8. The first-order valence-corrected chi connectivity index (χ1v) is 11.7. The second-order valence-electron chi connectivity index (χ2n) is 6.79. The number of carbonyl (C=O) groups is 2. The van der Waals surface area contributed by atoms with E-state index in [1.54, 1.807) is 62.8 Å². The number of ether oxygens (including phenoxy) is 4. The number of carbonyl (C=O) groups excluding carboxylic acids is 2. The molecule has 0 aliphatic carbocycles. The van der Waals surface area contributed by atoms with E-state index in [2.05, 4.69) is 9.47 Å². The normalized spacial score (nSPS) is 11.6. The van der Waals surface area contributed by atoms with Crippen molar-refractivity contribution in [1.29, 1.82) is 0 Å². The quantitative estimate of drug-likeness (QED) is 0.173. The van der Waals surface area contributed by atoms with Crippen LogP contribution in [0.4, 0.5) is 0 Å². The molecule has 0 bridgehead atoms. The van der Waals surface area contributed by atoms with Crippen LogP contribution >= 0.6 is 24.4 Å². The molecule has 0 N–H and O–H groups in total. The van der Waals surface area contributed by atoms with Crippen molar-refractivity contribution in [2.24, 2.45) is 0 Å². The Kier molecular flexibility index (Phi) is 17.3. The standard InChI is InChI=1S/2C12H14O3S2.Ni/c2*1-14-7-10(16)11(17)8-3-5-9(6-4-8)12(13)15-2;/h2*3-6,11,17H,7H2,1-2H3;/q;;+2/p-2. The van der Waals surface area contributed by atoms with Gasteiger partial charge in [0.15, 0.2) is 0 Å². The number of hydrogen-bond acceptors (Lipinski definition) is 10. The Morgan fingerprint density at radius 3 is 1.20 bits per heavy atom. The molecule has 0 spiro atoms. The molecule has 2 unspecified atom stereocenters. The summed E-state index contributed by atoms with van der Waals surface area (Å²) in [6, 6.07) is 13.8. The van der Waals surface area contributed by atoms with Gasteiger partial charge in [0.25, 0.3) is 0 Å². The van der Waals surface area contributed by atoms with Crippen molar-refractivity contribution in [1.82, 2.24) is 0 Å². The molecule has 2 aromatic rings. The summed E-state index contributed by atoms with van der Waals surface area (Å²) in [5, 5.41) is -0.562. The molecule has 0 fully saturated rings. The van der Waals surface area contributed by atoms with Crippen LogP contribution in [0.15, 0.2) is 48.5 Å². The first-order chi connectivity index (χ1) is 16.2. The summed E-state index contributed by atoms with van der Waals surface area (Å²) in [6.07, 6.45) is 0. The van der Waals surface area contributed by atoms with Gasteiger partial charge in [0.05, 0.1) is 38.6 Å². The van der Waals surface area contributed by atoms with E-state index < -0.39 is 0 Å². The number of rotatable bonds is 10. The Labute approximate surface area is 238 Å². The summed E-state index contributed by atoms with van der Waals surface area (Å²) in [5.41, 5.74) is 2.76. The van der Waals surface area contributed by atoms with E-state index >= 15 is 0 Å². The monoisotopic (exact) mass is 596 g/mol. The Morgan fingerprint density at radius 2 is 0.971 bits per heavy atom. The van der Waals surface area contributed by atoms with E-state index in [4.69, 9.17) is 59.2 Å². The molecular formula is C24H26NiO6S4. The maximum atomic E-state index is 11.2. The van der Waals surface area contributed by atoms with Gasteiger partial charge in [0, 0.05) is 23.9 Å². The van der Waals surface area contributed by atoms with Crippen molar-refractivity contribution >= 4 is 71.4 Å². The Bertz CT molecular complexity index is 887. The average molecular weight is 597 g/mol. The van der Waals surface area contributed by atoms with Crippen LogP contribution in [-0.4, -0.2) is 63.3 Å². The van der Waals surface area contributed by atoms with Crippen molar-refractivity contribution in [3.05, 3.63) is 70.8 Å². The maximum Gasteiger partial charge on any atom is 2.00 e. The van der Waals surface area contributed by atoms with Crippen LogP contribution in [0.5, 0.6) is 0 Å². The molecule has 2 aromatic carbocycles. The zero-order chi connectivity index (χ0) is 25.7.